The molecule has 0 bridgehead atoms. The molecule has 1 fully saturated rings. The largest absolute Gasteiger partial charge is 0.330 e. The van der Waals surface area contributed by atoms with E-state index in [0.717, 1.165) is 17.4 Å². The summed E-state index contributed by atoms with van der Waals surface area (Å²) < 4.78 is 2.26. The van der Waals surface area contributed by atoms with Crippen molar-refractivity contribution < 1.29 is 0 Å². The highest BCUT2D eigenvalue weighted by molar-refractivity contribution is 5.78. The normalized spacial score (nSPS) is 15.3. The Labute approximate surface area is 105 Å². The van der Waals surface area contributed by atoms with Gasteiger partial charge in [-0.2, -0.15) is 5.10 Å². The SMILES string of the molecule is c1cn(Cc2ccc3cn[nH]c3c2)c(C2CC2)n1. The molecule has 0 radical (unpaired) electrons. The number of aromatic amines is 1. The van der Waals surface area contributed by atoms with Gasteiger partial charge in [-0.15, -0.1) is 0 Å². The van der Waals surface area contributed by atoms with Crippen LogP contribution in [0.25, 0.3) is 10.9 Å². The molecule has 4 heteroatoms. The summed E-state index contributed by atoms with van der Waals surface area (Å²) in [6.45, 7) is 0.890. The third-order valence-corrected chi connectivity index (χ3v) is 3.55. The standard InChI is InChI=1S/C14H14N4/c1-2-12-8-16-17-13(12)7-10(1)9-18-6-5-15-14(18)11-3-4-11/h1-2,5-8,11H,3-4,9H2,(H,16,17). The molecule has 0 unspecified atom stereocenters. The number of aromatic nitrogens is 4. The summed E-state index contributed by atoms with van der Waals surface area (Å²) in [5.41, 5.74) is 2.38. The number of imidazole rings is 1. The van der Waals surface area contributed by atoms with Crippen molar-refractivity contribution in [3.8, 4) is 0 Å². The van der Waals surface area contributed by atoms with Gasteiger partial charge in [0.15, 0.2) is 0 Å². The Morgan fingerprint density at radius 1 is 1.33 bits per heavy atom. The van der Waals surface area contributed by atoms with Crippen LogP contribution in [-0.4, -0.2) is 19.7 Å². The van der Waals surface area contributed by atoms with Gasteiger partial charge in [0.25, 0.3) is 0 Å². The minimum atomic E-state index is 0.691. The zero-order chi connectivity index (χ0) is 11.9. The number of hydrogen-bond acceptors (Lipinski definition) is 2. The number of benzene rings is 1. The van der Waals surface area contributed by atoms with Crippen LogP contribution in [0.1, 0.15) is 30.1 Å². The molecule has 1 aromatic carbocycles. The first kappa shape index (κ1) is 9.88. The lowest BCUT2D eigenvalue weighted by molar-refractivity contribution is 0.727. The minimum absolute atomic E-state index is 0.691. The second-order valence-corrected chi connectivity index (χ2v) is 4.98. The molecule has 1 aliphatic carbocycles. The lowest BCUT2D eigenvalue weighted by Gasteiger charge is -2.07. The highest BCUT2D eigenvalue weighted by Gasteiger charge is 2.27. The van der Waals surface area contributed by atoms with Crippen molar-refractivity contribution in [1.29, 1.82) is 0 Å². The Bertz CT molecular complexity index is 690. The van der Waals surface area contributed by atoms with Crippen LogP contribution in [0.2, 0.25) is 0 Å². The first-order chi connectivity index (χ1) is 8.90. The average molecular weight is 238 g/mol. The zero-order valence-electron chi connectivity index (χ0n) is 10.0. The monoisotopic (exact) mass is 238 g/mol. The van der Waals surface area contributed by atoms with E-state index in [1.54, 1.807) is 0 Å². The Morgan fingerprint density at radius 2 is 2.28 bits per heavy atom. The van der Waals surface area contributed by atoms with Gasteiger partial charge in [0.05, 0.1) is 11.7 Å². The topological polar surface area (TPSA) is 46.5 Å². The lowest BCUT2D eigenvalue weighted by atomic mass is 10.1. The number of nitrogens with one attached hydrogen (secondary N) is 1. The highest BCUT2D eigenvalue weighted by atomic mass is 15.1. The molecule has 3 aromatic rings. The summed E-state index contributed by atoms with van der Waals surface area (Å²) in [6, 6.07) is 6.44. The van der Waals surface area contributed by atoms with Gasteiger partial charge in [-0.1, -0.05) is 12.1 Å². The fraction of sp³-hybridized carbons (Fsp3) is 0.286. The van der Waals surface area contributed by atoms with E-state index in [9.17, 15) is 0 Å². The van der Waals surface area contributed by atoms with Crippen LogP contribution in [0.15, 0.2) is 36.8 Å². The van der Waals surface area contributed by atoms with Crippen molar-refractivity contribution in [2.75, 3.05) is 0 Å². The summed E-state index contributed by atoms with van der Waals surface area (Å²) in [5.74, 6) is 1.93. The number of nitrogens with zero attached hydrogens (tertiary/aromatic N) is 3. The van der Waals surface area contributed by atoms with Gasteiger partial charge < -0.3 is 4.57 Å². The first-order valence-corrected chi connectivity index (χ1v) is 6.33. The molecule has 4 nitrogen and oxygen atoms in total. The molecule has 1 N–H and O–H groups in total. The van der Waals surface area contributed by atoms with E-state index in [2.05, 4.69) is 44.1 Å². The maximum absolute atomic E-state index is 4.47. The van der Waals surface area contributed by atoms with Crippen molar-refractivity contribution >= 4 is 10.9 Å². The molecule has 0 spiro atoms. The van der Waals surface area contributed by atoms with E-state index in [1.165, 1.54) is 24.2 Å². The predicted octanol–water partition coefficient (Wildman–Crippen LogP) is 2.69. The smallest absolute Gasteiger partial charge is 0.112 e. The number of H-pyrrole nitrogens is 1. The average Bonchev–Trinajstić information content (AvgIpc) is 2.95. The second kappa shape index (κ2) is 3.70. The van der Waals surface area contributed by atoms with Crippen LogP contribution >= 0.6 is 0 Å². The molecule has 0 saturated heterocycles. The molecule has 0 aliphatic heterocycles. The highest BCUT2D eigenvalue weighted by Crippen LogP contribution is 2.39. The van der Waals surface area contributed by atoms with Crippen molar-refractivity contribution in [2.45, 2.75) is 25.3 Å². The van der Waals surface area contributed by atoms with Gasteiger partial charge in [-0.3, -0.25) is 5.10 Å². The van der Waals surface area contributed by atoms with Gasteiger partial charge >= 0.3 is 0 Å². The molecule has 4 rings (SSSR count). The fourth-order valence-electron chi connectivity index (χ4n) is 2.44. The number of rotatable bonds is 3. The Balaban J connectivity index is 1.68. The Morgan fingerprint density at radius 3 is 3.17 bits per heavy atom. The summed E-state index contributed by atoms with van der Waals surface area (Å²) in [7, 11) is 0. The Kier molecular flexibility index (Phi) is 2.03. The summed E-state index contributed by atoms with van der Waals surface area (Å²) >= 11 is 0. The molecular formula is C14H14N4. The third kappa shape index (κ3) is 1.61. The van der Waals surface area contributed by atoms with E-state index in [0.29, 0.717) is 5.92 Å². The quantitative estimate of drug-likeness (QED) is 0.762. The van der Waals surface area contributed by atoms with Crippen LogP contribution in [-0.2, 0) is 6.54 Å². The van der Waals surface area contributed by atoms with Crippen molar-refractivity contribution in [1.82, 2.24) is 19.7 Å². The van der Waals surface area contributed by atoms with Gasteiger partial charge in [0, 0.05) is 30.2 Å². The van der Waals surface area contributed by atoms with Crippen LogP contribution in [0.4, 0.5) is 0 Å². The summed E-state index contributed by atoms with van der Waals surface area (Å²) in [5, 5.41) is 8.22. The Hall–Kier alpha value is -2.10. The van der Waals surface area contributed by atoms with E-state index in [1.807, 2.05) is 12.4 Å². The predicted molar refractivity (Wildman–Crippen MR) is 69.4 cm³/mol. The van der Waals surface area contributed by atoms with Crippen molar-refractivity contribution in [3.05, 3.63) is 48.2 Å². The third-order valence-electron chi connectivity index (χ3n) is 3.55. The summed E-state index contributed by atoms with van der Waals surface area (Å²) in [6.07, 6.45) is 8.41. The molecule has 1 aliphatic rings. The van der Waals surface area contributed by atoms with Gasteiger partial charge in [0.1, 0.15) is 5.82 Å². The van der Waals surface area contributed by atoms with Gasteiger partial charge in [-0.25, -0.2) is 4.98 Å². The van der Waals surface area contributed by atoms with E-state index < -0.39 is 0 Å². The van der Waals surface area contributed by atoms with Crippen molar-refractivity contribution in [2.24, 2.45) is 0 Å². The molecule has 1 saturated carbocycles. The first-order valence-electron chi connectivity index (χ1n) is 6.33. The molecular weight excluding hydrogens is 224 g/mol. The van der Waals surface area contributed by atoms with Gasteiger partial charge in [0.2, 0.25) is 0 Å². The van der Waals surface area contributed by atoms with E-state index in [4.69, 9.17) is 0 Å². The van der Waals surface area contributed by atoms with Crippen LogP contribution in [0.5, 0.6) is 0 Å². The number of hydrogen-bond donors (Lipinski definition) is 1. The minimum Gasteiger partial charge on any atom is -0.330 e. The van der Waals surface area contributed by atoms with Gasteiger partial charge in [-0.05, 0) is 24.5 Å². The van der Waals surface area contributed by atoms with Crippen molar-refractivity contribution in [3.63, 3.8) is 0 Å². The molecule has 2 heterocycles. The van der Waals surface area contributed by atoms with E-state index in [-0.39, 0.29) is 0 Å². The molecule has 0 atom stereocenters. The molecule has 18 heavy (non-hydrogen) atoms. The maximum Gasteiger partial charge on any atom is 0.112 e. The zero-order valence-corrected chi connectivity index (χ0v) is 10.0. The fourth-order valence-corrected chi connectivity index (χ4v) is 2.44. The van der Waals surface area contributed by atoms with Crippen LogP contribution in [0.3, 0.4) is 0 Å². The second-order valence-electron chi connectivity index (χ2n) is 4.98. The molecule has 0 amide bonds. The number of fused-ring (bicyclic) bond motifs is 1. The lowest BCUT2D eigenvalue weighted by Crippen LogP contribution is -2.03. The van der Waals surface area contributed by atoms with E-state index >= 15 is 0 Å². The van der Waals surface area contributed by atoms with Crippen LogP contribution in [0, 0.1) is 0 Å². The molecule has 90 valence electrons. The summed E-state index contributed by atoms with van der Waals surface area (Å²) in [4.78, 5) is 4.47. The van der Waals surface area contributed by atoms with Crippen LogP contribution < -0.4 is 0 Å². The maximum atomic E-state index is 4.47. The molecule has 2 aromatic heterocycles.